The van der Waals surface area contributed by atoms with Crippen molar-refractivity contribution in [2.75, 3.05) is 0 Å². The van der Waals surface area contributed by atoms with Crippen LogP contribution in [0, 0.1) is 6.92 Å². The number of aromatic nitrogens is 3. The third-order valence-corrected chi connectivity index (χ3v) is 4.34. The molecule has 0 bridgehead atoms. The summed E-state index contributed by atoms with van der Waals surface area (Å²) in [6.45, 7) is 2.34. The maximum atomic E-state index is 12.7. The minimum absolute atomic E-state index is 0.140. The summed E-state index contributed by atoms with van der Waals surface area (Å²) in [5, 5.41) is 3.94. The molecule has 4 aromatic rings. The highest BCUT2D eigenvalue weighted by molar-refractivity contribution is 6.05. The van der Waals surface area contributed by atoms with E-state index in [0.717, 1.165) is 33.4 Å². The minimum Gasteiger partial charge on any atom is -0.348 e. The summed E-state index contributed by atoms with van der Waals surface area (Å²) in [4.78, 5) is 25.8. The van der Waals surface area contributed by atoms with Crippen molar-refractivity contribution in [3.63, 3.8) is 0 Å². The van der Waals surface area contributed by atoms with Gasteiger partial charge in [0.25, 0.3) is 5.91 Å². The Labute approximate surface area is 157 Å². The van der Waals surface area contributed by atoms with E-state index in [1.54, 1.807) is 24.7 Å². The third-order valence-electron chi connectivity index (χ3n) is 4.34. The number of amides is 1. The summed E-state index contributed by atoms with van der Waals surface area (Å²) in [6.07, 6.45) is 5.25. The lowest BCUT2D eigenvalue weighted by molar-refractivity contribution is 0.0952. The molecule has 0 saturated heterocycles. The van der Waals surface area contributed by atoms with Gasteiger partial charge in [0.1, 0.15) is 0 Å². The van der Waals surface area contributed by atoms with Crippen LogP contribution in [0.1, 0.15) is 21.6 Å². The standard InChI is InChI=1S/C22H18N4O/c1-15-7-8-17-4-2-6-19(21(17)26-15)22(27)25-13-16-9-11-24-20(12-16)18-5-3-10-23-14-18/h2-12,14H,13H2,1H3,(H,25,27). The molecular weight excluding hydrogens is 336 g/mol. The van der Waals surface area contributed by atoms with E-state index >= 15 is 0 Å². The summed E-state index contributed by atoms with van der Waals surface area (Å²) in [6, 6.07) is 17.3. The van der Waals surface area contributed by atoms with Gasteiger partial charge in [0.2, 0.25) is 0 Å². The van der Waals surface area contributed by atoms with Gasteiger partial charge >= 0.3 is 0 Å². The van der Waals surface area contributed by atoms with Gasteiger partial charge in [-0.1, -0.05) is 18.2 Å². The average Bonchev–Trinajstić information content (AvgIpc) is 2.72. The first-order valence-electron chi connectivity index (χ1n) is 8.70. The first kappa shape index (κ1) is 16.8. The van der Waals surface area contributed by atoms with Crippen molar-refractivity contribution in [3.05, 3.63) is 90.0 Å². The molecule has 5 heteroatoms. The van der Waals surface area contributed by atoms with Crippen molar-refractivity contribution in [3.8, 4) is 11.3 Å². The van der Waals surface area contributed by atoms with Crippen molar-refractivity contribution in [1.29, 1.82) is 0 Å². The van der Waals surface area contributed by atoms with Crippen molar-refractivity contribution in [2.45, 2.75) is 13.5 Å². The molecule has 3 aromatic heterocycles. The Kier molecular flexibility index (Phi) is 4.58. The van der Waals surface area contributed by atoms with E-state index in [4.69, 9.17) is 0 Å². The highest BCUT2D eigenvalue weighted by atomic mass is 16.1. The largest absolute Gasteiger partial charge is 0.348 e. The Morgan fingerprint density at radius 2 is 1.96 bits per heavy atom. The number of para-hydroxylation sites is 1. The zero-order valence-electron chi connectivity index (χ0n) is 14.9. The number of aryl methyl sites for hydroxylation is 1. The number of rotatable bonds is 4. The topological polar surface area (TPSA) is 67.8 Å². The molecule has 0 aliphatic carbocycles. The van der Waals surface area contributed by atoms with Crippen LogP contribution in [0.25, 0.3) is 22.2 Å². The summed E-state index contributed by atoms with van der Waals surface area (Å²) in [5.41, 5.74) is 4.94. The Balaban J connectivity index is 1.54. The summed E-state index contributed by atoms with van der Waals surface area (Å²) in [5.74, 6) is -0.140. The summed E-state index contributed by atoms with van der Waals surface area (Å²) < 4.78 is 0. The summed E-state index contributed by atoms with van der Waals surface area (Å²) in [7, 11) is 0. The van der Waals surface area contributed by atoms with Crippen LogP contribution in [-0.4, -0.2) is 20.9 Å². The fraction of sp³-hybridized carbons (Fsp3) is 0.0909. The molecule has 132 valence electrons. The molecular formula is C22H18N4O. The van der Waals surface area contributed by atoms with E-state index in [1.165, 1.54) is 0 Å². The highest BCUT2D eigenvalue weighted by Gasteiger charge is 2.11. The van der Waals surface area contributed by atoms with Crippen LogP contribution in [0.3, 0.4) is 0 Å². The normalized spacial score (nSPS) is 10.7. The maximum absolute atomic E-state index is 12.7. The molecule has 1 N–H and O–H groups in total. The van der Waals surface area contributed by atoms with E-state index in [-0.39, 0.29) is 5.91 Å². The van der Waals surface area contributed by atoms with Gasteiger partial charge in [0.05, 0.1) is 16.8 Å². The molecule has 1 aromatic carbocycles. The lowest BCUT2D eigenvalue weighted by Gasteiger charge is -2.09. The smallest absolute Gasteiger partial charge is 0.253 e. The number of pyridine rings is 3. The quantitative estimate of drug-likeness (QED) is 0.603. The molecule has 0 atom stereocenters. The molecule has 0 aliphatic heterocycles. The number of fused-ring (bicyclic) bond motifs is 1. The Bertz CT molecular complexity index is 1110. The fourth-order valence-electron chi connectivity index (χ4n) is 2.96. The molecule has 3 heterocycles. The molecule has 0 fully saturated rings. The van der Waals surface area contributed by atoms with Crippen LogP contribution in [0.5, 0.6) is 0 Å². The van der Waals surface area contributed by atoms with Crippen LogP contribution in [0.2, 0.25) is 0 Å². The van der Waals surface area contributed by atoms with E-state index in [2.05, 4.69) is 20.3 Å². The summed E-state index contributed by atoms with van der Waals surface area (Å²) >= 11 is 0. The van der Waals surface area contributed by atoms with Crippen molar-refractivity contribution in [2.24, 2.45) is 0 Å². The number of carbonyl (C=O) groups is 1. The van der Waals surface area contributed by atoms with Crippen LogP contribution in [0.15, 0.2) is 73.2 Å². The molecule has 0 aliphatic rings. The molecule has 0 spiro atoms. The molecule has 4 rings (SSSR count). The van der Waals surface area contributed by atoms with Crippen molar-refractivity contribution >= 4 is 16.8 Å². The zero-order chi connectivity index (χ0) is 18.6. The SMILES string of the molecule is Cc1ccc2cccc(C(=O)NCc3ccnc(-c4cccnc4)c3)c2n1. The first-order valence-corrected chi connectivity index (χ1v) is 8.70. The van der Waals surface area contributed by atoms with Crippen LogP contribution in [-0.2, 0) is 6.54 Å². The number of hydrogen-bond acceptors (Lipinski definition) is 4. The van der Waals surface area contributed by atoms with E-state index in [9.17, 15) is 4.79 Å². The van der Waals surface area contributed by atoms with Gasteiger partial charge in [0, 0.05) is 41.8 Å². The van der Waals surface area contributed by atoms with Crippen LogP contribution >= 0.6 is 0 Å². The van der Waals surface area contributed by atoms with Gasteiger partial charge in [0.15, 0.2) is 0 Å². The fourth-order valence-corrected chi connectivity index (χ4v) is 2.96. The molecule has 0 radical (unpaired) electrons. The van der Waals surface area contributed by atoms with Gasteiger partial charge in [-0.2, -0.15) is 0 Å². The monoisotopic (exact) mass is 354 g/mol. The minimum atomic E-state index is -0.140. The van der Waals surface area contributed by atoms with Gasteiger partial charge in [-0.05, 0) is 48.9 Å². The van der Waals surface area contributed by atoms with Gasteiger partial charge < -0.3 is 5.32 Å². The van der Waals surface area contributed by atoms with E-state index in [0.29, 0.717) is 12.1 Å². The Morgan fingerprint density at radius 1 is 1.04 bits per heavy atom. The predicted octanol–water partition coefficient (Wildman–Crippen LogP) is 3.93. The van der Waals surface area contributed by atoms with E-state index < -0.39 is 0 Å². The second-order valence-electron chi connectivity index (χ2n) is 6.30. The maximum Gasteiger partial charge on any atom is 0.253 e. The number of nitrogens with one attached hydrogen (secondary N) is 1. The van der Waals surface area contributed by atoms with Crippen LogP contribution < -0.4 is 5.32 Å². The molecule has 27 heavy (non-hydrogen) atoms. The second kappa shape index (κ2) is 7.33. The molecule has 5 nitrogen and oxygen atoms in total. The predicted molar refractivity (Wildman–Crippen MR) is 105 cm³/mol. The number of hydrogen-bond donors (Lipinski definition) is 1. The van der Waals surface area contributed by atoms with Gasteiger partial charge in [-0.15, -0.1) is 0 Å². The lowest BCUT2D eigenvalue weighted by atomic mass is 10.1. The second-order valence-corrected chi connectivity index (χ2v) is 6.30. The van der Waals surface area contributed by atoms with Crippen molar-refractivity contribution in [1.82, 2.24) is 20.3 Å². The van der Waals surface area contributed by atoms with Gasteiger partial charge in [-0.25, -0.2) is 0 Å². The lowest BCUT2D eigenvalue weighted by Crippen LogP contribution is -2.23. The molecule has 0 saturated carbocycles. The van der Waals surface area contributed by atoms with Gasteiger partial charge in [-0.3, -0.25) is 19.7 Å². The highest BCUT2D eigenvalue weighted by Crippen LogP contribution is 2.18. The van der Waals surface area contributed by atoms with Crippen LogP contribution in [0.4, 0.5) is 0 Å². The Morgan fingerprint density at radius 3 is 2.81 bits per heavy atom. The number of nitrogens with zero attached hydrogens (tertiary/aromatic N) is 3. The third kappa shape index (κ3) is 3.67. The zero-order valence-corrected chi connectivity index (χ0v) is 14.9. The Hall–Kier alpha value is -3.60. The van der Waals surface area contributed by atoms with Crippen molar-refractivity contribution < 1.29 is 4.79 Å². The molecule has 1 amide bonds. The number of benzene rings is 1. The number of carbonyl (C=O) groups excluding carboxylic acids is 1. The average molecular weight is 354 g/mol. The molecule has 0 unspecified atom stereocenters. The van der Waals surface area contributed by atoms with E-state index in [1.807, 2.05) is 55.5 Å². The first-order chi connectivity index (χ1) is 13.2.